The van der Waals surface area contributed by atoms with Gasteiger partial charge < -0.3 is 4.79 Å². The van der Waals surface area contributed by atoms with E-state index in [4.69, 9.17) is 0 Å². The fourth-order valence-corrected chi connectivity index (χ4v) is 6.40. The van der Waals surface area contributed by atoms with Crippen molar-refractivity contribution < 1.29 is 19.2 Å². The van der Waals surface area contributed by atoms with Crippen molar-refractivity contribution in [3.8, 4) is 0 Å². The zero-order valence-corrected chi connectivity index (χ0v) is 26.1. The Balaban J connectivity index is 0.000000483. The lowest BCUT2D eigenvalue weighted by atomic mass is 9.72. The van der Waals surface area contributed by atoms with Crippen molar-refractivity contribution >= 4 is 23.1 Å². The second kappa shape index (κ2) is 19.1. The molecule has 1 aromatic rings. The van der Waals surface area contributed by atoms with Gasteiger partial charge in [-0.1, -0.05) is 90.8 Å². The highest BCUT2D eigenvalue weighted by atomic mass is 16.1. The predicted molar refractivity (Wildman–Crippen MR) is 162 cm³/mol. The van der Waals surface area contributed by atoms with Gasteiger partial charge in [-0.25, -0.2) is 0 Å². The molecule has 0 N–H and O–H groups in total. The van der Waals surface area contributed by atoms with E-state index in [-0.39, 0.29) is 35.6 Å². The molecule has 220 valence electrons. The van der Waals surface area contributed by atoms with Crippen molar-refractivity contribution in [3.63, 3.8) is 0 Å². The van der Waals surface area contributed by atoms with Crippen molar-refractivity contribution in [2.75, 3.05) is 0 Å². The second-order valence-electron chi connectivity index (χ2n) is 12.0. The first-order valence-electron chi connectivity index (χ1n) is 15.7. The van der Waals surface area contributed by atoms with Gasteiger partial charge in [0.2, 0.25) is 0 Å². The van der Waals surface area contributed by atoms with Gasteiger partial charge in [0.15, 0.2) is 5.78 Å². The van der Waals surface area contributed by atoms with Gasteiger partial charge >= 0.3 is 0 Å². The molecule has 39 heavy (non-hydrogen) atoms. The maximum Gasteiger partial charge on any atom is 0.163 e. The molecule has 3 rings (SSSR count). The summed E-state index contributed by atoms with van der Waals surface area (Å²) in [7, 11) is 0. The third-order valence-electron chi connectivity index (χ3n) is 8.14. The third kappa shape index (κ3) is 12.7. The van der Waals surface area contributed by atoms with E-state index in [1.807, 2.05) is 26.0 Å². The second-order valence-corrected chi connectivity index (χ2v) is 12.0. The van der Waals surface area contributed by atoms with E-state index >= 15 is 0 Å². The molecule has 0 amide bonds. The number of Topliss-reactive ketones (excluding diaryl/α,β-unsaturated/α-hetero) is 4. The molecule has 0 bridgehead atoms. The van der Waals surface area contributed by atoms with E-state index in [2.05, 4.69) is 26.8 Å². The summed E-state index contributed by atoms with van der Waals surface area (Å²) < 4.78 is 0. The minimum absolute atomic E-state index is 0.0460. The molecule has 1 saturated carbocycles. The van der Waals surface area contributed by atoms with Gasteiger partial charge in [0.25, 0.3) is 0 Å². The maximum absolute atomic E-state index is 12.7. The average molecular weight is 541 g/mol. The first-order chi connectivity index (χ1) is 18.6. The number of fused-ring (bicyclic) bond motifs is 1. The summed E-state index contributed by atoms with van der Waals surface area (Å²) in [6, 6.07) is 6.10. The Morgan fingerprint density at radius 2 is 1.56 bits per heavy atom. The van der Waals surface area contributed by atoms with Crippen LogP contribution in [-0.4, -0.2) is 23.1 Å². The monoisotopic (exact) mass is 540 g/mol. The van der Waals surface area contributed by atoms with Crippen LogP contribution in [0.3, 0.4) is 0 Å². The summed E-state index contributed by atoms with van der Waals surface area (Å²) in [6.45, 7) is 13.6. The van der Waals surface area contributed by atoms with Crippen LogP contribution in [0.25, 0.3) is 0 Å². The summed E-state index contributed by atoms with van der Waals surface area (Å²) >= 11 is 0. The molecular weight excluding hydrogens is 484 g/mol. The molecule has 1 fully saturated rings. The van der Waals surface area contributed by atoms with Crippen molar-refractivity contribution in [1.82, 2.24) is 0 Å². The van der Waals surface area contributed by atoms with Crippen LogP contribution in [-0.2, 0) is 20.8 Å². The van der Waals surface area contributed by atoms with Crippen LogP contribution in [0, 0.1) is 30.6 Å². The van der Waals surface area contributed by atoms with E-state index in [1.54, 1.807) is 6.92 Å². The van der Waals surface area contributed by atoms with Crippen LogP contribution in [0.2, 0.25) is 0 Å². The fourth-order valence-electron chi connectivity index (χ4n) is 6.40. The Morgan fingerprint density at radius 1 is 0.923 bits per heavy atom. The number of carbonyl (C=O) groups excluding carboxylic acids is 4. The van der Waals surface area contributed by atoms with E-state index in [0.29, 0.717) is 18.1 Å². The lowest BCUT2D eigenvalue weighted by Crippen LogP contribution is -2.29. The SMILES string of the molecule is CC(=O)CCC1CCCC1.CCC.CCCC(CC1CC(=O)c2c(C)cccc2C1)C(CC)C(=O)CC(C)=O. The number of hydrogen-bond donors (Lipinski definition) is 0. The van der Waals surface area contributed by atoms with Crippen LogP contribution < -0.4 is 0 Å². The zero-order chi connectivity index (χ0) is 29.4. The Hall–Kier alpha value is -2.10. The first-order valence-corrected chi connectivity index (χ1v) is 15.7. The number of aryl methyl sites for hydroxylation is 1. The normalized spacial score (nSPS) is 18.1. The van der Waals surface area contributed by atoms with Gasteiger partial charge in [-0.05, 0) is 75.3 Å². The molecule has 0 aromatic heterocycles. The van der Waals surface area contributed by atoms with Gasteiger partial charge in [0, 0.05) is 24.3 Å². The molecule has 0 aliphatic heterocycles. The Morgan fingerprint density at radius 3 is 2.10 bits per heavy atom. The van der Waals surface area contributed by atoms with E-state index in [9.17, 15) is 19.2 Å². The van der Waals surface area contributed by atoms with E-state index < -0.39 is 0 Å². The number of ketones is 4. The summed E-state index contributed by atoms with van der Waals surface area (Å²) in [5, 5.41) is 0. The molecule has 4 heteroatoms. The number of hydrogen-bond acceptors (Lipinski definition) is 4. The van der Waals surface area contributed by atoms with Gasteiger partial charge in [-0.2, -0.15) is 0 Å². The lowest BCUT2D eigenvalue weighted by molar-refractivity contribution is -0.130. The van der Waals surface area contributed by atoms with Gasteiger partial charge in [0.05, 0.1) is 6.42 Å². The molecule has 3 atom stereocenters. The highest BCUT2D eigenvalue weighted by molar-refractivity contribution is 6.00. The number of benzene rings is 1. The molecule has 2 aliphatic carbocycles. The maximum atomic E-state index is 12.7. The quantitative estimate of drug-likeness (QED) is 0.248. The standard InChI is InChI=1S/C23H32O3.C9H16O.C3H8/c1-5-8-18(20(6-2)21(25)11-16(4)24)12-17-13-19-10-7-9-15(3)23(19)22(26)14-17;1-8(10)6-7-9-4-2-3-5-9;1-3-2/h7,9-10,17-18,20H,5-6,8,11-14H2,1-4H3;9H,2-7H2,1H3;3H2,1-2H3. The number of rotatable bonds is 12. The van der Waals surface area contributed by atoms with Crippen LogP contribution in [0.5, 0.6) is 0 Å². The smallest absolute Gasteiger partial charge is 0.163 e. The average Bonchev–Trinajstić information content (AvgIpc) is 3.37. The molecule has 4 nitrogen and oxygen atoms in total. The van der Waals surface area contributed by atoms with Crippen molar-refractivity contribution in [3.05, 3.63) is 34.9 Å². The van der Waals surface area contributed by atoms with Gasteiger partial charge in [0.1, 0.15) is 17.3 Å². The third-order valence-corrected chi connectivity index (χ3v) is 8.14. The van der Waals surface area contributed by atoms with Crippen LogP contribution in [0.15, 0.2) is 18.2 Å². The number of carbonyl (C=O) groups is 4. The van der Waals surface area contributed by atoms with Crippen LogP contribution in [0.1, 0.15) is 146 Å². The van der Waals surface area contributed by atoms with Crippen molar-refractivity contribution in [1.29, 1.82) is 0 Å². The lowest BCUT2D eigenvalue weighted by Gasteiger charge is -2.31. The topological polar surface area (TPSA) is 68.3 Å². The summed E-state index contributed by atoms with van der Waals surface area (Å²) in [5.74, 6) is 2.00. The summed E-state index contributed by atoms with van der Waals surface area (Å²) in [5.41, 5.74) is 3.14. The van der Waals surface area contributed by atoms with Gasteiger partial charge in [-0.15, -0.1) is 0 Å². The molecule has 3 unspecified atom stereocenters. The van der Waals surface area contributed by atoms with E-state index in [1.165, 1.54) is 39.0 Å². The van der Waals surface area contributed by atoms with Crippen LogP contribution >= 0.6 is 0 Å². The molecule has 0 saturated heterocycles. The highest BCUT2D eigenvalue weighted by Crippen LogP contribution is 2.36. The first kappa shape index (κ1) is 34.9. The Bertz CT molecular complexity index is 909. The highest BCUT2D eigenvalue weighted by Gasteiger charge is 2.32. The fraction of sp³-hybridized carbons (Fsp3) is 0.714. The van der Waals surface area contributed by atoms with Gasteiger partial charge in [-0.3, -0.25) is 14.4 Å². The molecule has 1 aromatic carbocycles. The zero-order valence-electron chi connectivity index (χ0n) is 26.1. The Kier molecular flexibility index (Phi) is 17.1. The minimum Gasteiger partial charge on any atom is -0.300 e. The molecule has 2 aliphatic rings. The van der Waals surface area contributed by atoms with Crippen molar-refractivity contribution in [2.45, 2.75) is 138 Å². The summed E-state index contributed by atoms with van der Waals surface area (Å²) in [6.07, 6.45) is 13.9. The van der Waals surface area contributed by atoms with Crippen LogP contribution in [0.4, 0.5) is 0 Å². The Labute approximate surface area is 239 Å². The molecular formula is C35H56O4. The predicted octanol–water partition coefficient (Wildman–Crippen LogP) is 9.08. The van der Waals surface area contributed by atoms with E-state index in [0.717, 1.165) is 67.6 Å². The molecule has 0 spiro atoms. The summed E-state index contributed by atoms with van der Waals surface area (Å²) in [4.78, 5) is 47.2. The largest absolute Gasteiger partial charge is 0.300 e. The minimum atomic E-state index is -0.0622. The molecule has 0 heterocycles. The molecule has 0 radical (unpaired) electrons. The van der Waals surface area contributed by atoms with Crippen molar-refractivity contribution in [2.24, 2.45) is 23.7 Å².